The molecule has 0 aliphatic carbocycles. The average molecular weight is 270 g/mol. The van der Waals surface area contributed by atoms with Gasteiger partial charge in [-0.15, -0.1) is 5.10 Å². The molecule has 1 unspecified atom stereocenters. The summed E-state index contributed by atoms with van der Waals surface area (Å²) in [5.74, 6) is -0.401. The van der Waals surface area contributed by atoms with Gasteiger partial charge < -0.3 is 15.6 Å². The van der Waals surface area contributed by atoms with Crippen LogP contribution in [0.1, 0.15) is 26.0 Å². The number of hydrogen-bond acceptors (Lipinski definition) is 5. The lowest BCUT2D eigenvalue weighted by atomic mass is 10.1. The molecule has 0 spiro atoms. The first kappa shape index (κ1) is 15.6. The van der Waals surface area contributed by atoms with Crippen LogP contribution in [0.3, 0.4) is 0 Å². The Hall–Kier alpha value is -1.47. The Balaban J connectivity index is 2.25. The maximum Gasteiger partial charge on any atom is 0.320 e. The van der Waals surface area contributed by atoms with Crippen molar-refractivity contribution in [1.29, 1.82) is 0 Å². The zero-order chi connectivity index (χ0) is 14.3. The van der Waals surface area contributed by atoms with Crippen molar-refractivity contribution in [3.63, 3.8) is 0 Å². The molecule has 0 amide bonds. The molecule has 1 atom stereocenters. The zero-order valence-corrected chi connectivity index (χ0v) is 11.5. The number of nitrogens with two attached hydrogens (primary N) is 1. The van der Waals surface area contributed by atoms with Gasteiger partial charge in [-0.05, 0) is 12.3 Å². The molecule has 3 N–H and O–H groups in total. The van der Waals surface area contributed by atoms with Crippen LogP contribution in [0.15, 0.2) is 6.20 Å². The number of rotatable bonds is 9. The van der Waals surface area contributed by atoms with Gasteiger partial charge in [-0.25, -0.2) is 4.68 Å². The maximum absolute atomic E-state index is 10.6. The number of aromatic nitrogens is 3. The molecule has 1 aromatic heterocycles. The van der Waals surface area contributed by atoms with Crippen LogP contribution < -0.4 is 5.73 Å². The first-order valence-electron chi connectivity index (χ1n) is 6.44. The molecule has 0 radical (unpaired) electrons. The summed E-state index contributed by atoms with van der Waals surface area (Å²) in [6, 6.07) is -0.938. The molecule has 0 fully saturated rings. The van der Waals surface area contributed by atoms with Crippen LogP contribution in [0.4, 0.5) is 0 Å². The molecule has 0 saturated heterocycles. The largest absolute Gasteiger partial charge is 0.480 e. The predicted octanol–water partition coefficient (Wildman–Crippen LogP) is 0.295. The predicted molar refractivity (Wildman–Crippen MR) is 69.6 cm³/mol. The molecular formula is C12H22N4O3. The van der Waals surface area contributed by atoms with Gasteiger partial charge in [0.05, 0.1) is 18.8 Å². The van der Waals surface area contributed by atoms with Crippen LogP contribution in [0.5, 0.6) is 0 Å². The number of aliphatic carboxylic acids is 1. The second kappa shape index (κ2) is 7.85. The molecule has 0 saturated carbocycles. The van der Waals surface area contributed by atoms with E-state index in [2.05, 4.69) is 24.2 Å². The molecule has 108 valence electrons. The van der Waals surface area contributed by atoms with Crippen LogP contribution in [0.25, 0.3) is 0 Å². The fraction of sp³-hybridized carbons (Fsp3) is 0.750. The second-order valence-corrected chi connectivity index (χ2v) is 4.92. The van der Waals surface area contributed by atoms with Crippen LogP contribution in [-0.4, -0.2) is 45.3 Å². The zero-order valence-electron chi connectivity index (χ0n) is 11.5. The van der Waals surface area contributed by atoms with E-state index < -0.39 is 12.0 Å². The highest BCUT2D eigenvalue weighted by Gasteiger charge is 2.14. The van der Waals surface area contributed by atoms with Gasteiger partial charge >= 0.3 is 5.97 Å². The van der Waals surface area contributed by atoms with Gasteiger partial charge in [-0.2, -0.15) is 0 Å². The third-order valence-corrected chi connectivity index (χ3v) is 2.64. The van der Waals surface area contributed by atoms with Crippen LogP contribution in [-0.2, 0) is 22.5 Å². The van der Waals surface area contributed by atoms with Gasteiger partial charge in [0, 0.05) is 19.2 Å². The van der Waals surface area contributed by atoms with E-state index in [9.17, 15) is 4.79 Å². The summed E-state index contributed by atoms with van der Waals surface area (Å²) in [5.41, 5.74) is 6.01. The SMILES string of the molecule is CC(C)CCOCCn1cc(CC(N)C(=O)O)nn1. The smallest absolute Gasteiger partial charge is 0.320 e. The van der Waals surface area contributed by atoms with Crippen molar-refractivity contribution in [2.24, 2.45) is 11.7 Å². The van der Waals surface area contributed by atoms with Crippen molar-refractivity contribution in [2.75, 3.05) is 13.2 Å². The summed E-state index contributed by atoms with van der Waals surface area (Å²) in [6.45, 7) is 6.22. The Labute approximate surface area is 112 Å². The molecule has 19 heavy (non-hydrogen) atoms. The monoisotopic (exact) mass is 270 g/mol. The van der Waals surface area contributed by atoms with E-state index >= 15 is 0 Å². The summed E-state index contributed by atoms with van der Waals surface area (Å²) in [4.78, 5) is 10.6. The van der Waals surface area contributed by atoms with E-state index in [-0.39, 0.29) is 6.42 Å². The number of carboxylic acid groups (broad SMARTS) is 1. The van der Waals surface area contributed by atoms with Crippen molar-refractivity contribution in [1.82, 2.24) is 15.0 Å². The molecule has 7 nitrogen and oxygen atoms in total. The normalized spacial score (nSPS) is 12.8. The Kier molecular flexibility index (Phi) is 6.44. The van der Waals surface area contributed by atoms with E-state index in [0.29, 0.717) is 24.8 Å². The Morgan fingerprint density at radius 3 is 2.89 bits per heavy atom. The second-order valence-electron chi connectivity index (χ2n) is 4.92. The Morgan fingerprint density at radius 2 is 2.26 bits per heavy atom. The fourth-order valence-electron chi connectivity index (χ4n) is 1.43. The number of ether oxygens (including phenoxy) is 1. The lowest BCUT2D eigenvalue weighted by Gasteiger charge is -2.06. The fourth-order valence-corrected chi connectivity index (χ4v) is 1.43. The maximum atomic E-state index is 10.6. The van der Waals surface area contributed by atoms with Crippen molar-refractivity contribution in [2.45, 2.75) is 39.3 Å². The molecular weight excluding hydrogens is 248 g/mol. The van der Waals surface area contributed by atoms with Gasteiger partial charge in [0.15, 0.2) is 0 Å². The third-order valence-electron chi connectivity index (χ3n) is 2.64. The van der Waals surface area contributed by atoms with Crippen molar-refractivity contribution in [3.05, 3.63) is 11.9 Å². The summed E-state index contributed by atoms with van der Waals surface area (Å²) < 4.78 is 7.11. The number of nitrogens with zero attached hydrogens (tertiary/aromatic N) is 3. The highest BCUT2D eigenvalue weighted by molar-refractivity contribution is 5.73. The Bertz CT molecular complexity index is 392. The quantitative estimate of drug-likeness (QED) is 0.625. The minimum Gasteiger partial charge on any atom is -0.480 e. The van der Waals surface area contributed by atoms with Gasteiger partial charge in [0.2, 0.25) is 0 Å². The molecule has 7 heteroatoms. The molecule has 1 rings (SSSR count). The molecule has 0 aliphatic rings. The van der Waals surface area contributed by atoms with Crippen molar-refractivity contribution in [3.8, 4) is 0 Å². The molecule has 1 heterocycles. The number of carboxylic acids is 1. The van der Waals surface area contributed by atoms with Crippen LogP contribution in [0, 0.1) is 5.92 Å². The minimum atomic E-state index is -1.04. The van der Waals surface area contributed by atoms with E-state index in [1.165, 1.54) is 0 Å². The van der Waals surface area contributed by atoms with Gasteiger partial charge in [-0.3, -0.25) is 4.79 Å². The average Bonchev–Trinajstić information content (AvgIpc) is 2.75. The molecule has 0 bridgehead atoms. The molecule has 0 aromatic carbocycles. The van der Waals surface area contributed by atoms with E-state index in [1.807, 2.05) is 0 Å². The van der Waals surface area contributed by atoms with Crippen molar-refractivity contribution < 1.29 is 14.6 Å². The van der Waals surface area contributed by atoms with Crippen LogP contribution in [0.2, 0.25) is 0 Å². The number of hydrogen-bond donors (Lipinski definition) is 2. The minimum absolute atomic E-state index is 0.184. The molecule has 1 aromatic rings. The summed E-state index contributed by atoms with van der Waals surface area (Å²) >= 11 is 0. The molecule has 0 aliphatic heterocycles. The first-order chi connectivity index (χ1) is 8.99. The van der Waals surface area contributed by atoms with E-state index in [4.69, 9.17) is 15.6 Å². The van der Waals surface area contributed by atoms with Crippen LogP contribution >= 0.6 is 0 Å². The lowest BCUT2D eigenvalue weighted by molar-refractivity contribution is -0.138. The van der Waals surface area contributed by atoms with Gasteiger partial charge in [-0.1, -0.05) is 19.1 Å². The standard InChI is InChI=1S/C12H22N4O3/c1-9(2)3-5-19-6-4-16-8-10(14-15-16)7-11(13)12(17)18/h8-9,11H,3-7,13H2,1-2H3,(H,17,18). The first-order valence-corrected chi connectivity index (χ1v) is 6.44. The summed E-state index contributed by atoms with van der Waals surface area (Å²) in [7, 11) is 0. The van der Waals surface area contributed by atoms with E-state index in [1.54, 1.807) is 10.9 Å². The Morgan fingerprint density at radius 1 is 1.53 bits per heavy atom. The van der Waals surface area contributed by atoms with Gasteiger partial charge in [0.25, 0.3) is 0 Å². The third kappa shape index (κ3) is 6.30. The number of carbonyl (C=O) groups is 1. The summed E-state index contributed by atoms with van der Waals surface area (Å²) in [6.07, 6.45) is 2.92. The summed E-state index contributed by atoms with van der Waals surface area (Å²) in [5, 5.41) is 16.5. The van der Waals surface area contributed by atoms with Gasteiger partial charge in [0.1, 0.15) is 6.04 Å². The highest BCUT2D eigenvalue weighted by atomic mass is 16.5. The van der Waals surface area contributed by atoms with Crippen molar-refractivity contribution >= 4 is 5.97 Å². The highest BCUT2D eigenvalue weighted by Crippen LogP contribution is 2.00. The van der Waals surface area contributed by atoms with E-state index in [0.717, 1.165) is 13.0 Å². The topological polar surface area (TPSA) is 103 Å². The lowest BCUT2D eigenvalue weighted by Crippen LogP contribution is -2.32.